The normalized spacial score (nSPS) is 15.2. The van der Waals surface area contributed by atoms with E-state index in [9.17, 15) is 4.79 Å². The van der Waals surface area contributed by atoms with Gasteiger partial charge in [-0.05, 0) is 25.1 Å². The van der Waals surface area contributed by atoms with E-state index in [0.717, 1.165) is 24.9 Å². The van der Waals surface area contributed by atoms with Crippen molar-refractivity contribution in [2.75, 3.05) is 31.1 Å². The highest BCUT2D eigenvalue weighted by Crippen LogP contribution is 2.17. The maximum absolute atomic E-state index is 12.5. The number of halogens is 1. The summed E-state index contributed by atoms with van der Waals surface area (Å²) in [7, 11) is 1.95. The van der Waals surface area contributed by atoms with Crippen molar-refractivity contribution in [2.24, 2.45) is 7.05 Å². The number of aromatic nitrogens is 3. The fraction of sp³-hybridized carbons (Fsp3) is 0.400. The van der Waals surface area contributed by atoms with Crippen molar-refractivity contribution in [3.05, 3.63) is 40.7 Å². The highest BCUT2D eigenvalue weighted by atomic mass is 35.5. The molecule has 0 unspecified atom stereocenters. The van der Waals surface area contributed by atoms with Gasteiger partial charge in [-0.3, -0.25) is 4.79 Å². The maximum atomic E-state index is 12.5. The Bertz CT molecular complexity index is 691. The molecule has 1 aromatic heterocycles. The van der Waals surface area contributed by atoms with Crippen LogP contribution in [0.15, 0.2) is 24.3 Å². The van der Waals surface area contributed by atoms with Crippen molar-refractivity contribution < 1.29 is 4.79 Å². The third-order valence-electron chi connectivity index (χ3n) is 3.99. The first-order valence-electron chi connectivity index (χ1n) is 7.22. The molecule has 1 aliphatic heterocycles. The lowest BCUT2D eigenvalue weighted by atomic mass is 10.2. The van der Waals surface area contributed by atoms with Gasteiger partial charge >= 0.3 is 0 Å². The van der Waals surface area contributed by atoms with Gasteiger partial charge in [0.1, 0.15) is 5.82 Å². The van der Waals surface area contributed by atoms with Gasteiger partial charge in [-0.1, -0.05) is 17.7 Å². The molecule has 0 spiro atoms. The summed E-state index contributed by atoms with van der Waals surface area (Å²) in [5, 5.41) is 8.86. The number of amides is 1. The summed E-state index contributed by atoms with van der Waals surface area (Å²) < 4.78 is 1.97. The summed E-state index contributed by atoms with van der Waals surface area (Å²) in [5.41, 5.74) is 0.635. The molecule has 0 N–H and O–H groups in total. The van der Waals surface area contributed by atoms with Crippen LogP contribution in [0.5, 0.6) is 0 Å². The maximum Gasteiger partial charge on any atom is 0.254 e. The van der Waals surface area contributed by atoms with Crippen LogP contribution in [0.2, 0.25) is 5.02 Å². The lowest BCUT2D eigenvalue weighted by Gasteiger charge is -2.35. The van der Waals surface area contributed by atoms with E-state index in [1.807, 2.05) is 23.4 Å². The molecule has 116 valence electrons. The van der Waals surface area contributed by atoms with E-state index >= 15 is 0 Å². The molecular formula is C15H18ClN5O. The monoisotopic (exact) mass is 319 g/mol. The van der Waals surface area contributed by atoms with Gasteiger partial charge in [0.25, 0.3) is 5.91 Å². The van der Waals surface area contributed by atoms with Crippen LogP contribution in [0.4, 0.5) is 5.95 Å². The van der Waals surface area contributed by atoms with Gasteiger partial charge in [0.2, 0.25) is 5.95 Å². The van der Waals surface area contributed by atoms with Crippen molar-refractivity contribution in [3.8, 4) is 0 Å². The zero-order valence-electron chi connectivity index (χ0n) is 12.7. The second-order valence-corrected chi connectivity index (χ2v) is 5.83. The van der Waals surface area contributed by atoms with E-state index in [0.29, 0.717) is 23.7 Å². The first-order valence-corrected chi connectivity index (χ1v) is 7.60. The van der Waals surface area contributed by atoms with Gasteiger partial charge in [0.15, 0.2) is 0 Å². The van der Waals surface area contributed by atoms with Crippen molar-refractivity contribution in [3.63, 3.8) is 0 Å². The van der Waals surface area contributed by atoms with Gasteiger partial charge in [-0.15, -0.1) is 10.2 Å². The molecule has 2 heterocycles. The smallest absolute Gasteiger partial charge is 0.254 e. The zero-order valence-corrected chi connectivity index (χ0v) is 13.4. The Morgan fingerprint density at radius 1 is 1.18 bits per heavy atom. The van der Waals surface area contributed by atoms with Crippen LogP contribution in [-0.2, 0) is 7.05 Å². The number of piperazine rings is 1. The summed E-state index contributed by atoms with van der Waals surface area (Å²) in [6.45, 7) is 4.75. The standard InChI is InChI=1S/C15H18ClN5O/c1-11-17-18-15(19(11)2)21-8-6-20(7-9-21)14(22)12-4-3-5-13(16)10-12/h3-5,10H,6-9H2,1-2H3. The second-order valence-electron chi connectivity index (χ2n) is 5.40. The summed E-state index contributed by atoms with van der Waals surface area (Å²) in [4.78, 5) is 16.5. The quantitative estimate of drug-likeness (QED) is 0.846. The fourth-order valence-electron chi connectivity index (χ4n) is 2.58. The molecule has 0 saturated carbocycles. The van der Waals surface area contributed by atoms with E-state index < -0.39 is 0 Å². The minimum Gasteiger partial charge on any atom is -0.337 e. The van der Waals surface area contributed by atoms with Crippen molar-refractivity contribution in [1.82, 2.24) is 19.7 Å². The van der Waals surface area contributed by atoms with Gasteiger partial charge < -0.3 is 14.4 Å². The SMILES string of the molecule is Cc1nnc(N2CCN(C(=O)c3cccc(Cl)c3)CC2)n1C. The van der Waals surface area contributed by atoms with Crippen LogP contribution in [0, 0.1) is 6.92 Å². The number of rotatable bonds is 2. The van der Waals surface area contributed by atoms with Crippen molar-refractivity contribution in [1.29, 1.82) is 0 Å². The number of hydrogen-bond acceptors (Lipinski definition) is 4. The van der Waals surface area contributed by atoms with Crippen LogP contribution in [0.1, 0.15) is 16.2 Å². The second kappa shape index (κ2) is 5.96. The molecule has 2 aromatic rings. The number of carbonyl (C=O) groups is 1. The molecule has 3 rings (SSSR count). The van der Waals surface area contributed by atoms with Crippen LogP contribution in [0.25, 0.3) is 0 Å². The molecule has 1 aliphatic rings. The minimum atomic E-state index is 0.0243. The lowest BCUT2D eigenvalue weighted by Crippen LogP contribution is -2.49. The predicted octanol–water partition coefficient (Wildman–Crippen LogP) is 1.74. The molecule has 1 aromatic carbocycles. The topological polar surface area (TPSA) is 54.3 Å². The first-order chi connectivity index (χ1) is 10.6. The van der Waals surface area contributed by atoms with E-state index in [1.165, 1.54) is 0 Å². The third kappa shape index (κ3) is 2.78. The number of carbonyl (C=O) groups excluding carboxylic acids is 1. The summed E-state index contributed by atoms with van der Waals surface area (Å²) in [5.74, 6) is 1.76. The molecule has 0 atom stereocenters. The molecule has 1 fully saturated rings. The molecule has 0 radical (unpaired) electrons. The number of nitrogens with zero attached hydrogens (tertiary/aromatic N) is 5. The molecule has 1 amide bonds. The van der Waals surface area contributed by atoms with E-state index in [2.05, 4.69) is 15.1 Å². The van der Waals surface area contributed by atoms with Crippen LogP contribution >= 0.6 is 11.6 Å². The van der Waals surface area contributed by atoms with Crippen LogP contribution < -0.4 is 4.90 Å². The molecule has 1 saturated heterocycles. The molecule has 0 bridgehead atoms. The largest absolute Gasteiger partial charge is 0.337 e. The molecule has 0 aliphatic carbocycles. The van der Waals surface area contributed by atoms with E-state index in [-0.39, 0.29) is 5.91 Å². The highest BCUT2D eigenvalue weighted by Gasteiger charge is 2.24. The van der Waals surface area contributed by atoms with Gasteiger partial charge in [0.05, 0.1) is 0 Å². The van der Waals surface area contributed by atoms with Gasteiger partial charge in [-0.2, -0.15) is 0 Å². The third-order valence-corrected chi connectivity index (χ3v) is 4.23. The Labute approximate surface area is 134 Å². The van der Waals surface area contributed by atoms with Crippen LogP contribution in [0.3, 0.4) is 0 Å². The average Bonchev–Trinajstić information content (AvgIpc) is 2.86. The number of anilines is 1. The Balaban J connectivity index is 1.67. The Morgan fingerprint density at radius 2 is 1.91 bits per heavy atom. The number of aryl methyl sites for hydroxylation is 1. The summed E-state index contributed by atoms with van der Waals surface area (Å²) >= 11 is 5.95. The van der Waals surface area contributed by atoms with Crippen molar-refractivity contribution >= 4 is 23.5 Å². The average molecular weight is 320 g/mol. The highest BCUT2D eigenvalue weighted by molar-refractivity contribution is 6.30. The number of benzene rings is 1. The number of hydrogen-bond donors (Lipinski definition) is 0. The molecule has 7 heteroatoms. The predicted molar refractivity (Wildman–Crippen MR) is 85.3 cm³/mol. The molecular weight excluding hydrogens is 302 g/mol. The molecule has 6 nitrogen and oxygen atoms in total. The van der Waals surface area contributed by atoms with Gasteiger partial charge in [0, 0.05) is 43.8 Å². The minimum absolute atomic E-state index is 0.0243. The van der Waals surface area contributed by atoms with Crippen LogP contribution in [-0.4, -0.2) is 51.8 Å². The summed E-state index contributed by atoms with van der Waals surface area (Å²) in [6, 6.07) is 7.08. The first kappa shape index (κ1) is 14.8. The lowest BCUT2D eigenvalue weighted by molar-refractivity contribution is 0.0746. The fourth-order valence-corrected chi connectivity index (χ4v) is 2.78. The molecule has 22 heavy (non-hydrogen) atoms. The Kier molecular flexibility index (Phi) is 4.02. The van der Waals surface area contributed by atoms with Gasteiger partial charge in [-0.25, -0.2) is 0 Å². The summed E-state index contributed by atoms with van der Waals surface area (Å²) in [6.07, 6.45) is 0. The van der Waals surface area contributed by atoms with E-state index in [1.54, 1.807) is 24.3 Å². The Morgan fingerprint density at radius 3 is 2.50 bits per heavy atom. The Hall–Kier alpha value is -2.08. The zero-order chi connectivity index (χ0) is 15.7. The van der Waals surface area contributed by atoms with E-state index in [4.69, 9.17) is 11.6 Å². The van der Waals surface area contributed by atoms with Crippen molar-refractivity contribution in [2.45, 2.75) is 6.92 Å².